The molecule has 2 aliphatic rings. The van der Waals surface area contributed by atoms with Crippen molar-refractivity contribution in [3.63, 3.8) is 0 Å². The van der Waals surface area contributed by atoms with Gasteiger partial charge in [0.2, 0.25) is 11.8 Å². The third-order valence-electron chi connectivity index (χ3n) is 5.41. The minimum absolute atomic E-state index is 0.0974. The molecular formula is C18H27N5O4. The highest BCUT2D eigenvalue weighted by atomic mass is 16.2. The number of hydrogen-bond acceptors (Lipinski definition) is 5. The van der Waals surface area contributed by atoms with Gasteiger partial charge < -0.3 is 9.80 Å². The number of amides is 2. The van der Waals surface area contributed by atoms with Crippen molar-refractivity contribution in [1.82, 2.24) is 24.3 Å². The van der Waals surface area contributed by atoms with Gasteiger partial charge in [-0.3, -0.25) is 28.8 Å². The number of likely N-dealkylation sites (tertiary alicyclic amines) is 1. The number of nitrogens with zero attached hydrogens (tertiary/aromatic N) is 4. The lowest BCUT2D eigenvalue weighted by Gasteiger charge is -2.38. The molecule has 27 heavy (non-hydrogen) atoms. The van der Waals surface area contributed by atoms with Crippen molar-refractivity contribution in [2.24, 2.45) is 0 Å². The molecule has 3 heterocycles. The minimum atomic E-state index is -0.587. The molecule has 148 valence electrons. The molecule has 1 unspecified atom stereocenters. The van der Waals surface area contributed by atoms with Gasteiger partial charge in [-0.1, -0.05) is 0 Å². The third-order valence-corrected chi connectivity index (χ3v) is 5.41. The van der Waals surface area contributed by atoms with Gasteiger partial charge in [0.15, 0.2) is 0 Å². The van der Waals surface area contributed by atoms with Crippen LogP contribution in [0.1, 0.15) is 26.2 Å². The highest BCUT2D eigenvalue weighted by Crippen LogP contribution is 2.17. The Balaban J connectivity index is 1.48. The standard InChI is InChI=1S/C18H27N5O4/c1-14-4-2-3-6-23(14)17(26)12-20-8-10-21(11-9-20)16(25)13-22-7-5-15(24)19-18(22)27/h5,7,14H,2-4,6,8-13H2,1H3,(H,19,24,27). The van der Waals surface area contributed by atoms with Crippen LogP contribution >= 0.6 is 0 Å². The second-order valence-corrected chi connectivity index (χ2v) is 7.33. The fourth-order valence-electron chi connectivity index (χ4n) is 3.72. The summed E-state index contributed by atoms with van der Waals surface area (Å²) in [6.45, 7) is 5.57. The van der Waals surface area contributed by atoms with E-state index in [0.717, 1.165) is 19.4 Å². The van der Waals surface area contributed by atoms with Crippen LogP contribution in [0.5, 0.6) is 0 Å². The number of piperazine rings is 1. The van der Waals surface area contributed by atoms with E-state index in [0.29, 0.717) is 38.8 Å². The summed E-state index contributed by atoms with van der Waals surface area (Å²) in [7, 11) is 0. The zero-order chi connectivity index (χ0) is 19.4. The number of carbonyl (C=O) groups excluding carboxylic acids is 2. The highest BCUT2D eigenvalue weighted by molar-refractivity contribution is 5.79. The summed E-state index contributed by atoms with van der Waals surface area (Å²) in [5.74, 6) is 0.00143. The molecular weight excluding hydrogens is 350 g/mol. The first-order valence-electron chi connectivity index (χ1n) is 9.53. The summed E-state index contributed by atoms with van der Waals surface area (Å²) in [5.41, 5.74) is -1.07. The van der Waals surface area contributed by atoms with Gasteiger partial charge in [0, 0.05) is 51.0 Å². The van der Waals surface area contributed by atoms with Crippen molar-refractivity contribution in [1.29, 1.82) is 0 Å². The average molecular weight is 377 g/mol. The number of aromatic amines is 1. The lowest BCUT2D eigenvalue weighted by atomic mass is 10.0. The number of piperidine rings is 1. The first kappa shape index (κ1) is 19.3. The molecule has 2 amide bonds. The SMILES string of the molecule is CC1CCCCN1C(=O)CN1CCN(C(=O)Cn2ccc(=O)[nH]c2=O)CC1. The summed E-state index contributed by atoms with van der Waals surface area (Å²) in [6, 6.07) is 1.53. The number of H-pyrrole nitrogens is 1. The van der Waals surface area contributed by atoms with Gasteiger partial charge in [0.25, 0.3) is 5.56 Å². The van der Waals surface area contributed by atoms with Crippen LogP contribution in [0, 0.1) is 0 Å². The Bertz CT molecular complexity index is 793. The Morgan fingerprint density at radius 1 is 1.04 bits per heavy atom. The maximum absolute atomic E-state index is 12.5. The highest BCUT2D eigenvalue weighted by Gasteiger charge is 2.27. The molecule has 2 aliphatic heterocycles. The Morgan fingerprint density at radius 3 is 2.44 bits per heavy atom. The quantitative estimate of drug-likeness (QED) is 0.732. The van der Waals surface area contributed by atoms with Crippen molar-refractivity contribution in [2.75, 3.05) is 39.3 Å². The van der Waals surface area contributed by atoms with E-state index >= 15 is 0 Å². The van der Waals surface area contributed by atoms with Crippen LogP contribution in [-0.4, -0.2) is 81.4 Å². The molecule has 0 saturated carbocycles. The fraction of sp³-hybridized carbons (Fsp3) is 0.667. The third kappa shape index (κ3) is 4.85. The molecule has 0 aliphatic carbocycles. The molecule has 0 spiro atoms. The van der Waals surface area contributed by atoms with Crippen LogP contribution in [0.25, 0.3) is 0 Å². The van der Waals surface area contributed by atoms with Gasteiger partial charge in [-0.15, -0.1) is 0 Å². The van der Waals surface area contributed by atoms with E-state index in [1.54, 1.807) is 4.90 Å². The van der Waals surface area contributed by atoms with Crippen molar-refractivity contribution < 1.29 is 9.59 Å². The minimum Gasteiger partial charge on any atom is -0.339 e. The molecule has 1 aromatic heterocycles. The zero-order valence-corrected chi connectivity index (χ0v) is 15.7. The van der Waals surface area contributed by atoms with E-state index in [2.05, 4.69) is 16.8 Å². The number of nitrogens with one attached hydrogen (secondary N) is 1. The molecule has 9 heteroatoms. The topological polar surface area (TPSA) is 98.7 Å². The van der Waals surface area contributed by atoms with E-state index in [4.69, 9.17) is 0 Å². The number of rotatable bonds is 4. The van der Waals surface area contributed by atoms with E-state index in [1.807, 2.05) is 4.90 Å². The van der Waals surface area contributed by atoms with Gasteiger partial charge >= 0.3 is 5.69 Å². The smallest absolute Gasteiger partial charge is 0.328 e. The lowest BCUT2D eigenvalue weighted by molar-refractivity contribution is -0.137. The van der Waals surface area contributed by atoms with Crippen molar-refractivity contribution in [2.45, 2.75) is 38.8 Å². The van der Waals surface area contributed by atoms with Crippen LogP contribution in [0.15, 0.2) is 21.9 Å². The van der Waals surface area contributed by atoms with Crippen LogP contribution in [0.4, 0.5) is 0 Å². The van der Waals surface area contributed by atoms with Crippen molar-refractivity contribution in [3.05, 3.63) is 33.1 Å². The monoisotopic (exact) mass is 377 g/mol. The Morgan fingerprint density at radius 2 is 1.78 bits per heavy atom. The Hall–Kier alpha value is -2.42. The van der Waals surface area contributed by atoms with Gasteiger partial charge in [-0.2, -0.15) is 0 Å². The Labute approximate surface area is 157 Å². The van der Waals surface area contributed by atoms with E-state index < -0.39 is 11.2 Å². The summed E-state index contributed by atoms with van der Waals surface area (Å²) >= 11 is 0. The summed E-state index contributed by atoms with van der Waals surface area (Å²) in [4.78, 5) is 55.6. The molecule has 9 nitrogen and oxygen atoms in total. The summed E-state index contributed by atoms with van der Waals surface area (Å²) in [5, 5.41) is 0. The molecule has 1 aromatic rings. The molecule has 0 bridgehead atoms. The van der Waals surface area contributed by atoms with Gasteiger partial charge in [-0.05, 0) is 26.2 Å². The van der Waals surface area contributed by atoms with Crippen molar-refractivity contribution in [3.8, 4) is 0 Å². The predicted octanol–water partition coefficient (Wildman–Crippen LogP) is -0.918. The van der Waals surface area contributed by atoms with Gasteiger partial charge in [-0.25, -0.2) is 4.79 Å². The second-order valence-electron chi connectivity index (χ2n) is 7.33. The number of hydrogen-bond donors (Lipinski definition) is 1. The number of aromatic nitrogens is 2. The zero-order valence-electron chi connectivity index (χ0n) is 15.7. The molecule has 2 saturated heterocycles. The molecule has 2 fully saturated rings. The molecule has 0 radical (unpaired) electrons. The maximum Gasteiger partial charge on any atom is 0.328 e. The maximum atomic E-state index is 12.5. The molecule has 1 atom stereocenters. The van der Waals surface area contributed by atoms with Crippen LogP contribution in [-0.2, 0) is 16.1 Å². The number of carbonyl (C=O) groups is 2. The van der Waals surface area contributed by atoms with Gasteiger partial charge in [0.1, 0.15) is 6.54 Å². The fourth-order valence-corrected chi connectivity index (χ4v) is 3.72. The van der Waals surface area contributed by atoms with E-state index in [1.165, 1.54) is 23.3 Å². The average Bonchev–Trinajstić information content (AvgIpc) is 2.65. The normalized spacial score (nSPS) is 21.3. The largest absolute Gasteiger partial charge is 0.339 e. The lowest BCUT2D eigenvalue weighted by Crippen LogP contribution is -2.53. The van der Waals surface area contributed by atoms with E-state index in [9.17, 15) is 19.2 Å². The van der Waals surface area contributed by atoms with Crippen LogP contribution in [0.3, 0.4) is 0 Å². The van der Waals surface area contributed by atoms with E-state index in [-0.39, 0.29) is 18.4 Å². The Kier molecular flexibility index (Phi) is 6.10. The predicted molar refractivity (Wildman–Crippen MR) is 99.4 cm³/mol. The molecule has 1 N–H and O–H groups in total. The molecule has 3 rings (SSSR count). The van der Waals surface area contributed by atoms with Crippen LogP contribution < -0.4 is 11.2 Å². The first-order valence-corrected chi connectivity index (χ1v) is 9.53. The van der Waals surface area contributed by atoms with Crippen molar-refractivity contribution >= 4 is 11.8 Å². The van der Waals surface area contributed by atoms with Crippen LogP contribution in [0.2, 0.25) is 0 Å². The molecule has 0 aromatic carbocycles. The first-order chi connectivity index (χ1) is 12.9. The second kappa shape index (κ2) is 8.51. The summed E-state index contributed by atoms with van der Waals surface area (Å²) in [6.07, 6.45) is 4.65. The summed E-state index contributed by atoms with van der Waals surface area (Å²) < 4.78 is 1.19. The van der Waals surface area contributed by atoms with Gasteiger partial charge in [0.05, 0.1) is 6.54 Å².